The summed E-state index contributed by atoms with van der Waals surface area (Å²) in [5.74, 6) is -0.943. The van der Waals surface area contributed by atoms with Crippen molar-refractivity contribution in [3.63, 3.8) is 0 Å². The number of aldehydes is 1. The third-order valence-electron chi connectivity index (χ3n) is 6.12. The minimum absolute atomic E-state index is 0.294. The van der Waals surface area contributed by atoms with Gasteiger partial charge in [-0.3, -0.25) is 0 Å². The molecule has 0 aliphatic carbocycles. The summed E-state index contributed by atoms with van der Waals surface area (Å²) >= 11 is 0. The second-order valence-electron chi connectivity index (χ2n) is 8.25. The number of para-hydroxylation sites is 1. The van der Waals surface area contributed by atoms with Gasteiger partial charge in [-0.05, 0) is 74.9 Å². The number of piperidine rings is 1. The van der Waals surface area contributed by atoms with Crippen LogP contribution >= 0.6 is 0 Å². The van der Waals surface area contributed by atoms with Crippen LogP contribution in [0.2, 0.25) is 0 Å². The maximum absolute atomic E-state index is 12.1. The Kier molecular flexibility index (Phi) is 8.98. The molecule has 1 fully saturated rings. The molecule has 2 aromatic rings. The Balaban J connectivity index is 0.000000837. The number of rotatable bonds is 6. The van der Waals surface area contributed by atoms with Crippen molar-refractivity contribution in [2.75, 3.05) is 31.7 Å². The SMILES string of the molecule is CCOC.Cc1cc(C)c(C(=O)O)cc1CC1(C=O)CCN(c2ccccc2C#N)CC1. The van der Waals surface area contributed by atoms with Crippen LogP contribution in [0.1, 0.15) is 52.4 Å². The molecule has 0 aromatic heterocycles. The zero-order valence-electron chi connectivity index (χ0n) is 19.4. The summed E-state index contributed by atoms with van der Waals surface area (Å²) in [7, 11) is 1.68. The van der Waals surface area contributed by atoms with Crippen molar-refractivity contribution in [1.82, 2.24) is 0 Å². The van der Waals surface area contributed by atoms with Gasteiger partial charge < -0.3 is 19.5 Å². The van der Waals surface area contributed by atoms with Crippen molar-refractivity contribution in [2.45, 2.75) is 40.0 Å². The zero-order valence-corrected chi connectivity index (χ0v) is 19.4. The predicted molar refractivity (Wildman–Crippen MR) is 125 cm³/mol. The maximum atomic E-state index is 12.1. The second kappa shape index (κ2) is 11.4. The highest BCUT2D eigenvalue weighted by atomic mass is 16.5. The van der Waals surface area contributed by atoms with Crippen LogP contribution in [-0.2, 0) is 16.0 Å². The number of hydrogen-bond acceptors (Lipinski definition) is 5. The molecule has 0 bridgehead atoms. The van der Waals surface area contributed by atoms with Crippen LogP contribution in [-0.4, -0.2) is 44.2 Å². The number of ether oxygens (including phenoxy) is 1. The van der Waals surface area contributed by atoms with E-state index in [4.69, 9.17) is 0 Å². The minimum atomic E-state index is -0.943. The van der Waals surface area contributed by atoms with E-state index in [0.29, 0.717) is 43.5 Å². The average Bonchev–Trinajstić information content (AvgIpc) is 2.81. The third kappa shape index (κ3) is 5.95. The van der Waals surface area contributed by atoms with E-state index in [9.17, 15) is 20.0 Å². The fraction of sp³-hybridized carbons (Fsp3) is 0.423. The van der Waals surface area contributed by atoms with Gasteiger partial charge in [0.15, 0.2) is 0 Å². The smallest absolute Gasteiger partial charge is 0.335 e. The Hall–Kier alpha value is -3.17. The minimum Gasteiger partial charge on any atom is -0.478 e. The van der Waals surface area contributed by atoms with E-state index in [2.05, 4.69) is 15.7 Å². The number of carboxylic acid groups (broad SMARTS) is 1. The first-order chi connectivity index (χ1) is 15.3. The number of nitriles is 1. The molecule has 6 nitrogen and oxygen atoms in total. The molecular formula is C26H32N2O4. The molecule has 1 aliphatic rings. The van der Waals surface area contributed by atoms with Gasteiger partial charge in [-0.2, -0.15) is 5.26 Å². The summed E-state index contributed by atoms with van der Waals surface area (Å²) in [6.45, 7) is 7.91. The molecule has 0 unspecified atom stereocenters. The van der Waals surface area contributed by atoms with Gasteiger partial charge >= 0.3 is 5.97 Å². The molecule has 0 spiro atoms. The molecular weight excluding hydrogens is 404 g/mol. The largest absolute Gasteiger partial charge is 0.478 e. The summed E-state index contributed by atoms with van der Waals surface area (Å²) in [5.41, 5.74) is 4.00. The van der Waals surface area contributed by atoms with Crippen LogP contribution in [0.3, 0.4) is 0 Å². The van der Waals surface area contributed by atoms with Gasteiger partial charge in [0.1, 0.15) is 12.4 Å². The summed E-state index contributed by atoms with van der Waals surface area (Å²) < 4.78 is 4.54. The highest BCUT2D eigenvalue weighted by Gasteiger charge is 2.35. The molecule has 0 amide bonds. The van der Waals surface area contributed by atoms with Crippen LogP contribution in [0.5, 0.6) is 0 Å². The number of aromatic carboxylic acids is 1. The number of anilines is 1. The summed E-state index contributed by atoms with van der Waals surface area (Å²) in [4.78, 5) is 25.7. The normalized spacial score (nSPS) is 14.7. The van der Waals surface area contributed by atoms with E-state index < -0.39 is 11.4 Å². The molecule has 32 heavy (non-hydrogen) atoms. The zero-order chi connectivity index (χ0) is 23.7. The monoisotopic (exact) mass is 436 g/mol. The number of methoxy groups -OCH3 is 1. The average molecular weight is 437 g/mol. The van der Waals surface area contributed by atoms with Gasteiger partial charge in [0.05, 0.1) is 16.8 Å². The Morgan fingerprint density at radius 2 is 1.84 bits per heavy atom. The van der Waals surface area contributed by atoms with E-state index in [0.717, 1.165) is 35.3 Å². The van der Waals surface area contributed by atoms with Gasteiger partial charge in [0.25, 0.3) is 0 Å². The van der Waals surface area contributed by atoms with Crippen LogP contribution < -0.4 is 4.90 Å². The van der Waals surface area contributed by atoms with Gasteiger partial charge in [-0.25, -0.2) is 4.79 Å². The van der Waals surface area contributed by atoms with E-state index in [1.165, 1.54) is 0 Å². The molecule has 6 heteroatoms. The number of carbonyl (C=O) groups excluding carboxylic acids is 1. The standard InChI is InChI=1S/C23H24N2O3.C3H8O/c1-16-11-17(2)20(22(27)28)12-19(16)13-23(15-26)7-9-25(10-8-23)21-6-4-3-5-18(21)14-24;1-3-4-2/h3-6,11-12,15H,7-10,13H2,1-2H3,(H,27,28);3H2,1-2H3. The lowest BCUT2D eigenvalue weighted by Gasteiger charge is -2.40. The summed E-state index contributed by atoms with van der Waals surface area (Å²) in [5, 5.41) is 18.8. The Bertz CT molecular complexity index is 984. The second-order valence-corrected chi connectivity index (χ2v) is 8.25. The number of hydrogen-bond donors (Lipinski definition) is 1. The van der Waals surface area contributed by atoms with Gasteiger partial charge in [0, 0.05) is 32.2 Å². The molecule has 170 valence electrons. The number of carboxylic acids is 1. The topological polar surface area (TPSA) is 90.6 Å². The molecule has 1 saturated heterocycles. The van der Waals surface area contributed by atoms with Crippen molar-refractivity contribution in [2.24, 2.45) is 5.41 Å². The lowest BCUT2D eigenvalue weighted by molar-refractivity contribution is -0.117. The van der Waals surface area contributed by atoms with Crippen LogP contribution in [0, 0.1) is 30.6 Å². The molecule has 1 aliphatic heterocycles. The van der Waals surface area contributed by atoms with Crippen molar-refractivity contribution in [1.29, 1.82) is 5.26 Å². The van der Waals surface area contributed by atoms with Crippen molar-refractivity contribution < 1.29 is 19.4 Å². The van der Waals surface area contributed by atoms with E-state index in [1.807, 2.05) is 38.1 Å². The third-order valence-corrected chi connectivity index (χ3v) is 6.12. The highest BCUT2D eigenvalue weighted by Crippen LogP contribution is 2.37. The van der Waals surface area contributed by atoms with E-state index >= 15 is 0 Å². The van der Waals surface area contributed by atoms with Crippen LogP contribution in [0.25, 0.3) is 0 Å². The maximum Gasteiger partial charge on any atom is 0.335 e. The molecule has 1 N–H and O–H groups in total. The number of aryl methyl sites for hydroxylation is 2. The fourth-order valence-corrected chi connectivity index (χ4v) is 4.07. The summed E-state index contributed by atoms with van der Waals surface area (Å²) in [6.07, 6.45) is 2.93. The van der Waals surface area contributed by atoms with E-state index in [1.54, 1.807) is 26.2 Å². The molecule has 2 aromatic carbocycles. The van der Waals surface area contributed by atoms with Gasteiger partial charge in [-0.15, -0.1) is 0 Å². The van der Waals surface area contributed by atoms with Crippen LogP contribution in [0.15, 0.2) is 36.4 Å². The number of carbonyl (C=O) groups is 2. The first-order valence-corrected chi connectivity index (χ1v) is 10.8. The molecule has 0 saturated carbocycles. The molecule has 0 radical (unpaired) electrons. The Morgan fingerprint density at radius 3 is 2.38 bits per heavy atom. The fourth-order valence-electron chi connectivity index (χ4n) is 4.07. The lowest BCUT2D eigenvalue weighted by atomic mass is 9.74. The number of nitrogens with zero attached hydrogens (tertiary/aromatic N) is 2. The quantitative estimate of drug-likeness (QED) is 0.668. The molecule has 1 heterocycles. The van der Waals surface area contributed by atoms with Crippen LogP contribution in [0.4, 0.5) is 5.69 Å². The van der Waals surface area contributed by atoms with Crippen molar-refractivity contribution >= 4 is 17.9 Å². The predicted octanol–water partition coefficient (Wildman–Crippen LogP) is 4.55. The molecule has 0 atom stereocenters. The van der Waals surface area contributed by atoms with Crippen molar-refractivity contribution in [3.8, 4) is 6.07 Å². The van der Waals surface area contributed by atoms with Crippen molar-refractivity contribution in [3.05, 3.63) is 64.2 Å². The summed E-state index contributed by atoms with van der Waals surface area (Å²) in [6, 6.07) is 13.3. The highest BCUT2D eigenvalue weighted by molar-refractivity contribution is 5.89. The van der Waals surface area contributed by atoms with Gasteiger partial charge in [-0.1, -0.05) is 18.2 Å². The van der Waals surface area contributed by atoms with Gasteiger partial charge in [0.2, 0.25) is 0 Å². The first-order valence-electron chi connectivity index (χ1n) is 10.8. The Labute approximate surface area is 190 Å². The molecule has 3 rings (SSSR count). The van der Waals surface area contributed by atoms with E-state index in [-0.39, 0.29) is 0 Å². The lowest BCUT2D eigenvalue weighted by Crippen LogP contribution is -2.42. The number of benzene rings is 2. The Morgan fingerprint density at radius 1 is 1.22 bits per heavy atom. The first kappa shape index (κ1) is 25.1.